The third-order valence-electron chi connectivity index (χ3n) is 5.21. The molecule has 24 heavy (non-hydrogen) atoms. The largest absolute Gasteiger partial charge is 0.369 e. The zero-order chi connectivity index (χ0) is 16.4. The predicted octanol–water partition coefficient (Wildman–Crippen LogP) is 2.07. The number of rotatable bonds is 4. The normalized spacial score (nSPS) is 23.5. The van der Waals surface area contributed by atoms with E-state index in [9.17, 15) is 0 Å². The summed E-state index contributed by atoms with van der Waals surface area (Å²) in [5.41, 5.74) is 1.30. The minimum atomic E-state index is -0.0414. The van der Waals surface area contributed by atoms with Crippen LogP contribution in [0.15, 0.2) is 59.6 Å². The molecule has 2 aromatic rings. The van der Waals surface area contributed by atoms with Gasteiger partial charge in [-0.3, -0.25) is 9.89 Å². The van der Waals surface area contributed by atoms with Gasteiger partial charge in [-0.2, -0.15) is 0 Å². The van der Waals surface area contributed by atoms with E-state index in [-0.39, 0.29) is 5.54 Å². The van der Waals surface area contributed by atoms with Gasteiger partial charge in [-0.15, -0.1) is 0 Å². The lowest BCUT2D eigenvalue weighted by atomic mass is 9.98. The average Bonchev–Trinajstić information content (AvgIpc) is 2.98. The number of piperazine rings is 1. The molecule has 1 fully saturated rings. The van der Waals surface area contributed by atoms with Crippen LogP contribution >= 0.6 is 0 Å². The molecular weight excluding hydrogens is 294 g/mol. The van der Waals surface area contributed by atoms with E-state index in [0.717, 1.165) is 44.5 Å². The van der Waals surface area contributed by atoms with Crippen molar-refractivity contribution in [1.29, 1.82) is 0 Å². The highest BCUT2D eigenvalue weighted by molar-refractivity contribution is 5.46. The van der Waals surface area contributed by atoms with Crippen molar-refractivity contribution in [2.45, 2.75) is 18.9 Å². The van der Waals surface area contributed by atoms with Crippen LogP contribution in [0.1, 0.15) is 13.3 Å². The van der Waals surface area contributed by atoms with Gasteiger partial charge in [0.1, 0.15) is 0 Å². The molecule has 1 unspecified atom stereocenters. The molecule has 1 atom stereocenters. The van der Waals surface area contributed by atoms with Crippen LogP contribution in [-0.4, -0.2) is 43.2 Å². The monoisotopic (exact) mass is 319 g/mol. The Morgan fingerprint density at radius 1 is 0.917 bits per heavy atom. The van der Waals surface area contributed by atoms with Gasteiger partial charge in [-0.05, 0) is 42.8 Å². The molecule has 2 aliphatic heterocycles. The zero-order valence-electron chi connectivity index (χ0n) is 14.4. The summed E-state index contributed by atoms with van der Waals surface area (Å²) < 4.78 is 0. The Hall–Kier alpha value is -2.13. The molecule has 0 aliphatic carbocycles. The molecule has 2 aromatic carbocycles. The van der Waals surface area contributed by atoms with E-state index >= 15 is 0 Å². The molecule has 2 aliphatic rings. The maximum absolute atomic E-state index is 4.94. The molecule has 124 valence electrons. The predicted molar refractivity (Wildman–Crippen MR) is 99.8 cm³/mol. The Morgan fingerprint density at radius 2 is 1.62 bits per heavy atom. The van der Waals surface area contributed by atoms with Crippen LogP contribution in [0.4, 0.5) is 5.69 Å². The second-order valence-corrected chi connectivity index (χ2v) is 7.09. The van der Waals surface area contributed by atoms with E-state index in [1.165, 1.54) is 10.9 Å². The maximum Gasteiger partial charge on any atom is 0.0788 e. The van der Waals surface area contributed by atoms with Gasteiger partial charge >= 0.3 is 0 Å². The Morgan fingerprint density at radius 3 is 2.38 bits per heavy atom. The van der Waals surface area contributed by atoms with Gasteiger partial charge in [0, 0.05) is 38.4 Å². The number of para-hydroxylation sites is 2. The second kappa shape index (κ2) is 6.40. The van der Waals surface area contributed by atoms with Crippen LogP contribution in [0, 0.1) is 0 Å². The first-order valence-corrected chi connectivity index (χ1v) is 8.92. The van der Waals surface area contributed by atoms with E-state index in [2.05, 4.69) is 77.4 Å². The van der Waals surface area contributed by atoms with E-state index < -0.39 is 0 Å². The van der Waals surface area contributed by atoms with Crippen molar-refractivity contribution in [1.82, 2.24) is 4.90 Å². The lowest BCUT2D eigenvalue weighted by Gasteiger charge is -2.37. The van der Waals surface area contributed by atoms with Crippen molar-refractivity contribution in [3.63, 3.8) is 0 Å². The molecule has 3 nitrogen and oxygen atoms in total. The number of benzene rings is 2. The fourth-order valence-electron chi connectivity index (χ4n) is 3.73. The SMILES string of the molecule is CC1(CCN2CCN(c3ccccc3)CC2)C=c2ccccc2=N1. The molecule has 0 bridgehead atoms. The first-order chi connectivity index (χ1) is 11.7. The molecule has 1 saturated heterocycles. The van der Waals surface area contributed by atoms with Crippen molar-refractivity contribution in [3.05, 3.63) is 65.2 Å². The smallest absolute Gasteiger partial charge is 0.0788 e. The van der Waals surface area contributed by atoms with Crippen LogP contribution < -0.4 is 15.5 Å². The van der Waals surface area contributed by atoms with E-state index in [0.29, 0.717) is 0 Å². The maximum atomic E-state index is 4.94. The van der Waals surface area contributed by atoms with Gasteiger partial charge in [-0.25, -0.2) is 0 Å². The van der Waals surface area contributed by atoms with Crippen molar-refractivity contribution in [2.24, 2.45) is 4.99 Å². The highest BCUT2D eigenvalue weighted by atomic mass is 15.3. The quantitative estimate of drug-likeness (QED) is 0.859. The lowest BCUT2D eigenvalue weighted by Crippen LogP contribution is -2.47. The lowest BCUT2D eigenvalue weighted by molar-refractivity contribution is 0.243. The van der Waals surface area contributed by atoms with Gasteiger partial charge in [0.25, 0.3) is 0 Å². The Balaban J connectivity index is 1.33. The number of hydrogen-bond donors (Lipinski definition) is 0. The van der Waals surface area contributed by atoms with Crippen molar-refractivity contribution < 1.29 is 0 Å². The third-order valence-corrected chi connectivity index (χ3v) is 5.21. The van der Waals surface area contributed by atoms with Crippen molar-refractivity contribution in [2.75, 3.05) is 37.6 Å². The molecule has 0 spiro atoms. The fraction of sp³-hybridized carbons (Fsp3) is 0.381. The number of nitrogens with zero attached hydrogens (tertiary/aromatic N) is 3. The summed E-state index contributed by atoms with van der Waals surface area (Å²) in [5.74, 6) is 0. The minimum Gasteiger partial charge on any atom is -0.369 e. The highest BCUT2D eigenvalue weighted by Crippen LogP contribution is 2.21. The molecule has 0 N–H and O–H groups in total. The van der Waals surface area contributed by atoms with Crippen molar-refractivity contribution >= 4 is 11.8 Å². The van der Waals surface area contributed by atoms with Gasteiger partial charge in [0.05, 0.1) is 10.9 Å². The Labute approximate surface area is 143 Å². The van der Waals surface area contributed by atoms with Gasteiger partial charge < -0.3 is 4.90 Å². The molecule has 4 rings (SSSR count). The van der Waals surface area contributed by atoms with Crippen LogP contribution in [0.3, 0.4) is 0 Å². The first-order valence-electron chi connectivity index (χ1n) is 8.92. The topological polar surface area (TPSA) is 18.8 Å². The molecule has 3 heteroatoms. The fourth-order valence-corrected chi connectivity index (χ4v) is 3.73. The highest BCUT2D eigenvalue weighted by Gasteiger charge is 2.25. The summed E-state index contributed by atoms with van der Waals surface area (Å²) in [5, 5.41) is 2.43. The first kappa shape index (κ1) is 15.4. The summed E-state index contributed by atoms with van der Waals surface area (Å²) in [6.07, 6.45) is 3.43. The minimum absolute atomic E-state index is 0.0414. The van der Waals surface area contributed by atoms with E-state index in [4.69, 9.17) is 4.99 Å². The number of fused-ring (bicyclic) bond motifs is 1. The molecular formula is C21H25N3. The molecule has 2 heterocycles. The zero-order valence-corrected chi connectivity index (χ0v) is 14.4. The standard InChI is InChI=1S/C21H25N3/c1-21(17-18-7-5-6-10-20(18)22-21)11-12-23-13-15-24(16-14-23)19-8-3-2-4-9-19/h2-10,17H,11-16H2,1H3. The summed E-state index contributed by atoms with van der Waals surface area (Å²) in [6, 6.07) is 19.2. The summed E-state index contributed by atoms with van der Waals surface area (Å²) in [7, 11) is 0. The van der Waals surface area contributed by atoms with E-state index in [1.54, 1.807) is 0 Å². The average molecular weight is 319 g/mol. The summed E-state index contributed by atoms with van der Waals surface area (Å²) in [6.45, 7) is 7.87. The third kappa shape index (κ3) is 3.22. The van der Waals surface area contributed by atoms with Gasteiger partial charge in [0.15, 0.2) is 0 Å². The number of anilines is 1. The van der Waals surface area contributed by atoms with Crippen LogP contribution in [-0.2, 0) is 0 Å². The Kier molecular flexibility index (Phi) is 4.11. The van der Waals surface area contributed by atoms with Gasteiger partial charge in [0.2, 0.25) is 0 Å². The van der Waals surface area contributed by atoms with Gasteiger partial charge in [-0.1, -0.05) is 36.4 Å². The summed E-state index contributed by atoms with van der Waals surface area (Å²) >= 11 is 0. The molecule has 0 saturated carbocycles. The van der Waals surface area contributed by atoms with Crippen LogP contribution in [0.5, 0.6) is 0 Å². The van der Waals surface area contributed by atoms with Crippen LogP contribution in [0.25, 0.3) is 6.08 Å². The number of hydrogen-bond acceptors (Lipinski definition) is 3. The van der Waals surface area contributed by atoms with Crippen LogP contribution in [0.2, 0.25) is 0 Å². The van der Waals surface area contributed by atoms with E-state index in [1.807, 2.05) is 0 Å². The molecule has 0 radical (unpaired) electrons. The summed E-state index contributed by atoms with van der Waals surface area (Å²) in [4.78, 5) is 10.0. The Bertz CT molecular complexity index is 769. The molecule has 0 amide bonds. The van der Waals surface area contributed by atoms with Crippen molar-refractivity contribution in [3.8, 4) is 0 Å². The second-order valence-electron chi connectivity index (χ2n) is 7.09. The molecule has 0 aromatic heterocycles.